The van der Waals surface area contributed by atoms with E-state index in [1.165, 1.54) is 19.3 Å². The summed E-state index contributed by atoms with van der Waals surface area (Å²) in [7, 11) is 0. The van der Waals surface area contributed by atoms with E-state index in [1.54, 1.807) is 18.2 Å². The molecule has 1 aromatic rings. The molecular formula is C13H18Cl2O. The largest absolute Gasteiger partial charge is 0.388 e. The highest BCUT2D eigenvalue weighted by molar-refractivity contribution is 6.34. The van der Waals surface area contributed by atoms with Crippen LogP contribution in [0.2, 0.25) is 10.0 Å². The van der Waals surface area contributed by atoms with Gasteiger partial charge in [-0.15, -0.1) is 0 Å². The van der Waals surface area contributed by atoms with Crippen LogP contribution in [-0.4, -0.2) is 5.11 Å². The summed E-state index contributed by atoms with van der Waals surface area (Å²) in [6.45, 7) is 2.17. The van der Waals surface area contributed by atoms with Gasteiger partial charge in [0.05, 0.1) is 6.10 Å². The first-order chi connectivity index (χ1) is 7.63. The third kappa shape index (κ3) is 4.73. The normalized spacial score (nSPS) is 12.8. The summed E-state index contributed by atoms with van der Waals surface area (Å²) in [6.07, 6.45) is 4.97. The van der Waals surface area contributed by atoms with Crippen LogP contribution in [-0.2, 0) is 0 Å². The van der Waals surface area contributed by atoms with Crippen molar-refractivity contribution in [3.63, 3.8) is 0 Å². The first-order valence-corrected chi connectivity index (χ1v) is 6.53. The van der Waals surface area contributed by atoms with Crippen molar-refractivity contribution in [3.8, 4) is 0 Å². The second-order valence-corrected chi connectivity index (χ2v) is 4.94. The highest BCUT2D eigenvalue weighted by atomic mass is 35.5. The zero-order valence-corrected chi connectivity index (χ0v) is 11.1. The molecule has 1 atom stereocenters. The van der Waals surface area contributed by atoms with E-state index in [0.717, 1.165) is 18.4 Å². The molecule has 0 bridgehead atoms. The molecule has 1 rings (SSSR count). The van der Waals surface area contributed by atoms with Crippen molar-refractivity contribution in [2.75, 3.05) is 0 Å². The van der Waals surface area contributed by atoms with E-state index in [4.69, 9.17) is 23.2 Å². The Labute approximate surface area is 107 Å². The monoisotopic (exact) mass is 260 g/mol. The van der Waals surface area contributed by atoms with Crippen molar-refractivity contribution in [1.29, 1.82) is 0 Å². The summed E-state index contributed by atoms with van der Waals surface area (Å²) in [5, 5.41) is 11.1. The average Bonchev–Trinajstić information content (AvgIpc) is 2.22. The molecule has 0 saturated heterocycles. The maximum Gasteiger partial charge on any atom is 0.0791 e. The van der Waals surface area contributed by atoms with Gasteiger partial charge < -0.3 is 5.11 Å². The fourth-order valence-corrected chi connectivity index (χ4v) is 2.24. The summed E-state index contributed by atoms with van der Waals surface area (Å²) in [4.78, 5) is 0. The lowest BCUT2D eigenvalue weighted by Gasteiger charge is -2.11. The Balaban J connectivity index is 2.48. The van der Waals surface area contributed by atoms with Gasteiger partial charge in [0, 0.05) is 10.0 Å². The van der Waals surface area contributed by atoms with Crippen molar-refractivity contribution in [3.05, 3.63) is 33.8 Å². The van der Waals surface area contributed by atoms with Crippen molar-refractivity contribution in [2.45, 2.75) is 45.1 Å². The molecule has 3 heteroatoms. The summed E-state index contributed by atoms with van der Waals surface area (Å²) in [5.74, 6) is 0. The maximum absolute atomic E-state index is 9.95. The smallest absolute Gasteiger partial charge is 0.0791 e. The van der Waals surface area contributed by atoms with E-state index in [9.17, 15) is 5.11 Å². The van der Waals surface area contributed by atoms with Crippen molar-refractivity contribution >= 4 is 23.2 Å². The van der Waals surface area contributed by atoms with Crippen LogP contribution in [0.3, 0.4) is 0 Å². The van der Waals surface area contributed by atoms with E-state index < -0.39 is 6.10 Å². The Kier molecular flexibility index (Phi) is 6.18. The van der Waals surface area contributed by atoms with E-state index in [2.05, 4.69) is 6.92 Å². The molecule has 0 fully saturated rings. The van der Waals surface area contributed by atoms with Crippen LogP contribution in [0.15, 0.2) is 18.2 Å². The molecular weight excluding hydrogens is 243 g/mol. The highest BCUT2D eigenvalue weighted by Gasteiger charge is 2.08. The minimum absolute atomic E-state index is 0.451. The Bertz CT molecular complexity index is 305. The van der Waals surface area contributed by atoms with Crippen molar-refractivity contribution in [1.82, 2.24) is 0 Å². The van der Waals surface area contributed by atoms with Crippen LogP contribution < -0.4 is 0 Å². The fourth-order valence-electron chi connectivity index (χ4n) is 1.70. The lowest BCUT2D eigenvalue weighted by molar-refractivity contribution is 0.163. The molecule has 0 aliphatic heterocycles. The number of aliphatic hydroxyl groups excluding tert-OH is 1. The average molecular weight is 261 g/mol. The Morgan fingerprint density at radius 1 is 1.06 bits per heavy atom. The van der Waals surface area contributed by atoms with Gasteiger partial charge in [-0.05, 0) is 30.2 Å². The molecule has 0 amide bonds. The summed E-state index contributed by atoms with van der Waals surface area (Å²) < 4.78 is 0. The molecule has 1 unspecified atom stereocenters. The van der Waals surface area contributed by atoms with Crippen LogP contribution in [0, 0.1) is 0 Å². The minimum Gasteiger partial charge on any atom is -0.388 e. The van der Waals surface area contributed by atoms with Crippen LogP contribution in [0.5, 0.6) is 0 Å². The number of hydrogen-bond acceptors (Lipinski definition) is 1. The standard InChI is InChI=1S/C13H18Cl2O/c1-2-3-4-5-6-13(16)10-7-11(14)9-12(15)8-10/h7-9,13,16H,2-6H2,1H3. The number of rotatable bonds is 6. The van der Waals surface area contributed by atoms with E-state index in [-0.39, 0.29) is 0 Å². The lowest BCUT2D eigenvalue weighted by Crippen LogP contribution is -1.97. The van der Waals surface area contributed by atoms with Gasteiger partial charge in [-0.25, -0.2) is 0 Å². The third-order valence-electron chi connectivity index (χ3n) is 2.60. The number of benzene rings is 1. The lowest BCUT2D eigenvalue weighted by atomic mass is 10.0. The zero-order chi connectivity index (χ0) is 12.0. The molecule has 0 aromatic heterocycles. The Morgan fingerprint density at radius 2 is 1.69 bits per heavy atom. The van der Waals surface area contributed by atoms with Crippen LogP contribution in [0.25, 0.3) is 0 Å². The van der Waals surface area contributed by atoms with Gasteiger partial charge in [-0.1, -0.05) is 55.8 Å². The van der Waals surface area contributed by atoms with Crippen LogP contribution in [0.4, 0.5) is 0 Å². The molecule has 1 nitrogen and oxygen atoms in total. The molecule has 1 aromatic carbocycles. The van der Waals surface area contributed by atoms with Crippen molar-refractivity contribution in [2.24, 2.45) is 0 Å². The predicted molar refractivity (Wildman–Crippen MR) is 70.2 cm³/mol. The van der Waals surface area contributed by atoms with Gasteiger partial charge in [0.2, 0.25) is 0 Å². The fraction of sp³-hybridized carbons (Fsp3) is 0.538. The third-order valence-corrected chi connectivity index (χ3v) is 3.04. The first-order valence-electron chi connectivity index (χ1n) is 5.77. The number of aliphatic hydroxyl groups is 1. The SMILES string of the molecule is CCCCCCC(O)c1cc(Cl)cc(Cl)c1. The molecule has 0 spiro atoms. The number of halogens is 2. The molecule has 0 saturated carbocycles. The van der Waals surface area contributed by atoms with Gasteiger partial charge in [0.25, 0.3) is 0 Å². The van der Waals surface area contributed by atoms with Gasteiger partial charge in [-0.3, -0.25) is 0 Å². The van der Waals surface area contributed by atoms with Gasteiger partial charge in [0.1, 0.15) is 0 Å². The molecule has 1 N–H and O–H groups in total. The highest BCUT2D eigenvalue weighted by Crippen LogP contribution is 2.26. The van der Waals surface area contributed by atoms with E-state index >= 15 is 0 Å². The molecule has 16 heavy (non-hydrogen) atoms. The predicted octanol–water partition coefficient (Wildman–Crippen LogP) is 5.00. The number of unbranched alkanes of at least 4 members (excludes halogenated alkanes) is 3. The van der Waals surface area contributed by atoms with Gasteiger partial charge >= 0.3 is 0 Å². The summed E-state index contributed by atoms with van der Waals surface area (Å²) >= 11 is 11.8. The minimum atomic E-state index is -0.451. The van der Waals surface area contributed by atoms with Gasteiger partial charge in [0.15, 0.2) is 0 Å². The zero-order valence-electron chi connectivity index (χ0n) is 9.55. The molecule has 0 aliphatic carbocycles. The van der Waals surface area contributed by atoms with E-state index in [0.29, 0.717) is 10.0 Å². The van der Waals surface area contributed by atoms with Gasteiger partial charge in [-0.2, -0.15) is 0 Å². The first kappa shape index (κ1) is 13.8. The van der Waals surface area contributed by atoms with E-state index in [1.807, 2.05) is 0 Å². The molecule has 0 aliphatic rings. The molecule has 90 valence electrons. The topological polar surface area (TPSA) is 20.2 Å². The Morgan fingerprint density at radius 3 is 2.25 bits per heavy atom. The number of hydrogen-bond donors (Lipinski definition) is 1. The second-order valence-electron chi connectivity index (χ2n) is 4.07. The second kappa shape index (κ2) is 7.16. The maximum atomic E-state index is 9.95. The van der Waals surface area contributed by atoms with Crippen molar-refractivity contribution < 1.29 is 5.11 Å². The summed E-state index contributed by atoms with van der Waals surface area (Å²) in [6, 6.07) is 5.23. The molecule has 0 heterocycles. The van der Waals surface area contributed by atoms with Crippen LogP contribution in [0.1, 0.15) is 50.7 Å². The van der Waals surface area contributed by atoms with Crippen LogP contribution >= 0.6 is 23.2 Å². The summed E-state index contributed by atoms with van der Waals surface area (Å²) in [5.41, 5.74) is 0.814. The molecule has 0 radical (unpaired) electrons. The quantitative estimate of drug-likeness (QED) is 0.714. The Hall–Kier alpha value is -0.240.